The molecule has 1 unspecified atom stereocenters. The van der Waals surface area contributed by atoms with Crippen LogP contribution in [0, 0.1) is 0 Å². The summed E-state index contributed by atoms with van der Waals surface area (Å²) in [6.07, 6.45) is 1.63. The van der Waals surface area contributed by atoms with Crippen molar-refractivity contribution >= 4 is 23.5 Å². The standard InChI is InChI=1S/C27H29ClN6O4/c1-4-6-11-22-29-25(28)24(27(36)38-17(3)37-23(35)5-2)34(22)16-18-12-14-19(15-13-18)20-9-7-8-10-21(20)26-30-32-33-31-26/h7-10,12-15,17H,4-6,11,16H2,1-3H3,(H,30,31,32,33). The molecule has 0 saturated carbocycles. The lowest BCUT2D eigenvalue weighted by atomic mass is 9.98. The molecular weight excluding hydrogens is 508 g/mol. The Kier molecular flexibility index (Phi) is 8.85. The molecule has 0 saturated heterocycles. The van der Waals surface area contributed by atoms with Crippen LogP contribution in [-0.4, -0.2) is 48.4 Å². The van der Waals surface area contributed by atoms with Gasteiger partial charge in [0.15, 0.2) is 10.8 Å². The number of rotatable bonds is 11. The molecule has 10 nitrogen and oxygen atoms in total. The number of tetrazole rings is 1. The van der Waals surface area contributed by atoms with Crippen LogP contribution < -0.4 is 0 Å². The van der Waals surface area contributed by atoms with E-state index >= 15 is 0 Å². The Balaban J connectivity index is 1.61. The van der Waals surface area contributed by atoms with Crippen LogP contribution in [0.15, 0.2) is 48.5 Å². The van der Waals surface area contributed by atoms with Crippen molar-refractivity contribution in [3.05, 3.63) is 70.8 Å². The maximum Gasteiger partial charge on any atom is 0.361 e. The molecule has 4 rings (SSSR count). The van der Waals surface area contributed by atoms with E-state index in [1.54, 1.807) is 11.5 Å². The molecule has 0 fully saturated rings. The number of aromatic nitrogens is 6. The molecule has 0 aliphatic carbocycles. The van der Waals surface area contributed by atoms with E-state index in [0.717, 1.165) is 35.1 Å². The van der Waals surface area contributed by atoms with Crippen molar-refractivity contribution in [2.75, 3.05) is 0 Å². The number of carbonyl (C=O) groups is 2. The SMILES string of the molecule is CCCCc1nc(Cl)c(C(=O)OC(C)OC(=O)CC)n1Cc1ccc(-c2ccccc2-c2nn[nH]n2)cc1. The first-order valence-electron chi connectivity index (χ1n) is 12.5. The quantitative estimate of drug-likeness (QED) is 0.204. The zero-order valence-corrected chi connectivity index (χ0v) is 22.2. The van der Waals surface area contributed by atoms with Gasteiger partial charge in [0.25, 0.3) is 0 Å². The third kappa shape index (κ3) is 6.25. The van der Waals surface area contributed by atoms with Crippen LogP contribution in [0.2, 0.25) is 5.15 Å². The van der Waals surface area contributed by atoms with Gasteiger partial charge in [-0.2, -0.15) is 5.21 Å². The highest BCUT2D eigenvalue weighted by Gasteiger charge is 2.26. The smallest absolute Gasteiger partial charge is 0.361 e. The highest BCUT2D eigenvalue weighted by Crippen LogP contribution is 2.30. The first-order chi connectivity index (χ1) is 18.4. The minimum absolute atomic E-state index is 0.0563. The van der Waals surface area contributed by atoms with Crippen molar-refractivity contribution in [1.82, 2.24) is 30.2 Å². The van der Waals surface area contributed by atoms with E-state index in [9.17, 15) is 9.59 Å². The topological polar surface area (TPSA) is 125 Å². The molecule has 0 spiro atoms. The molecular formula is C27H29ClN6O4. The molecule has 0 aliphatic rings. The van der Waals surface area contributed by atoms with E-state index < -0.39 is 18.2 Å². The number of esters is 2. The number of aryl methyl sites for hydroxylation is 1. The molecule has 0 bridgehead atoms. The number of hydrogen-bond acceptors (Lipinski definition) is 8. The maximum atomic E-state index is 13.1. The highest BCUT2D eigenvalue weighted by molar-refractivity contribution is 6.32. The van der Waals surface area contributed by atoms with Gasteiger partial charge in [0, 0.05) is 31.9 Å². The van der Waals surface area contributed by atoms with Crippen molar-refractivity contribution < 1.29 is 19.1 Å². The average molecular weight is 537 g/mol. The summed E-state index contributed by atoms with van der Waals surface area (Å²) < 4.78 is 12.2. The zero-order valence-electron chi connectivity index (χ0n) is 21.5. The molecule has 0 radical (unpaired) electrons. The van der Waals surface area contributed by atoms with E-state index in [1.165, 1.54) is 6.92 Å². The number of ether oxygens (including phenoxy) is 2. The number of aromatic amines is 1. The van der Waals surface area contributed by atoms with Crippen molar-refractivity contribution in [3.63, 3.8) is 0 Å². The summed E-state index contributed by atoms with van der Waals surface area (Å²) in [5.41, 5.74) is 3.88. The molecule has 0 amide bonds. The van der Waals surface area contributed by atoms with Crippen molar-refractivity contribution in [3.8, 4) is 22.5 Å². The number of H-pyrrole nitrogens is 1. The number of nitrogens with one attached hydrogen (secondary N) is 1. The monoisotopic (exact) mass is 536 g/mol. The Morgan fingerprint density at radius 2 is 1.79 bits per heavy atom. The second-order valence-electron chi connectivity index (χ2n) is 8.65. The van der Waals surface area contributed by atoms with Gasteiger partial charge in [-0.1, -0.05) is 80.4 Å². The van der Waals surface area contributed by atoms with E-state index in [0.29, 0.717) is 24.6 Å². The lowest BCUT2D eigenvalue weighted by molar-refractivity contribution is -0.165. The number of hydrogen-bond donors (Lipinski definition) is 1. The predicted octanol–water partition coefficient (Wildman–Crippen LogP) is 5.23. The molecule has 2 aromatic heterocycles. The second kappa shape index (κ2) is 12.5. The Hall–Kier alpha value is -4.05. The number of carbonyl (C=O) groups excluding carboxylic acids is 2. The fourth-order valence-electron chi connectivity index (χ4n) is 4.03. The van der Waals surface area contributed by atoms with Crippen molar-refractivity contribution in [2.45, 2.75) is 59.3 Å². The third-order valence-electron chi connectivity index (χ3n) is 5.93. The predicted molar refractivity (Wildman–Crippen MR) is 141 cm³/mol. The number of benzene rings is 2. The summed E-state index contributed by atoms with van der Waals surface area (Å²) in [5, 5.41) is 14.4. The Morgan fingerprint density at radius 3 is 2.45 bits per heavy atom. The van der Waals surface area contributed by atoms with Gasteiger partial charge in [-0.15, -0.1) is 10.2 Å². The Labute approximate surface area is 225 Å². The third-order valence-corrected chi connectivity index (χ3v) is 6.19. The van der Waals surface area contributed by atoms with Gasteiger partial charge in [-0.25, -0.2) is 9.78 Å². The molecule has 4 aromatic rings. The molecule has 2 aromatic carbocycles. The summed E-state index contributed by atoms with van der Waals surface area (Å²) in [7, 11) is 0. The van der Waals surface area contributed by atoms with Crippen LogP contribution in [0.3, 0.4) is 0 Å². The molecule has 38 heavy (non-hydrogen) atoms. The lowest BCUT2D eigenvalue weighted by Gasteiger charge is -2.16. The van der Waals surface area contributed by atoms with E-state index in [-0.39, 0.29) is 17.3 Å². The number of unbranched alkanes of at least 4 members (excludes halogenated alkanes) is 1. The summed E-state index contributed by atoms with van der Waals surface area (Å²) >= 11 is 6.42. The van der Waals surface area contributed by atoms with Gasteiger partial charge >= 0.3 is 11.9 Å². The second-order valence-corrected chi connectivity index (χ2v) is 9.01. The molecule has 2 heterocycles. The fourth-order valence-corrected chi connectivity index (χ4v) is 4.31. The fraction of sp³-hybridized carbons (Fsp3) is 0.333. The van der Waals surface area contributed by atoms with E-state index in [4.69, 9.17) is 21.1 Å². The van der Waals surface area contributed by atoms with Crippen molar-refractivity contribution in [2.24, 2.45) is 0 Å². The maximum absolute atomic E-state index is 13.1. The lowest BCUT2D eigenvalue weighted by Crippen LogP contribution is -2.23. The molecule has 1 atom stereocenters. The summed E-state index contributed by atoms with van der Waals surface area (Å²) in [5.74, 6) is 0.0377. The number of halogens is 1. The van der Waals surface area contributed by atoms with Gasteiger partial charge in [-0.3, -0.25) is 4.79 Å². The number of imidazole rings is 1. The first-order valence-corrected chi connectivity index (χ1v) is 12.9. The van der Waals surface area contributed by atoms with Gasteiger partial charge in [-0.05, 0) is 28.3 Å². The molecule has 11 heteroatoms. The van der Waals surface area contributed by atoms with Gasteiger partial charge < -0.3 is 14.0 Å². The van der Waals surface area contributed by atoms with E-state index in [2.05, 4.69) is 32.5 Å². The molecule has 1 N–H and O–H groups in total. The average Bonchev–Trinajstić information content (AvgIpc) is 3.56. The first kappa shape index (κ1) is 27.0. The summed E-state index contributed by atoms with van der Waals surface area (Å²) in [4.78, 5) is 29.1. The van der Waals surface area contributed by atoms with E-state index in [1.807, 2.05) is 48.5 Å². The van der Waals surface area contributed by atoms with Crippen LogP contribution in [0.25, 0.3) is 22.5 Å². The van der Waals surface area contributed by atoms with Gasteiger partial charge in [0.05, 0.1) is 0 Å². The largest absolute Gasteiger partial charge is 0.425 e. The van der Waals surface area contributed by atoms with Gasteiger partial charge in [0.1, 0.15) is 5.82 Å². The van der Waals surface area contributed by atoms with Crippen LogP contribution >= 0.6 is 11.6 Å². The summed E-state index contributed by atoms with van der Waals surface area (Å²) in [6.45, 7) is 5.60. The Morgan fingerprint density at radius 1 is 1.05 bits per heavy atom. The molecule has 0 aliphatic heterocycles. The number of nitrogens with zero attached hydrogens (tertiary/aromatic N) is 5. The molecule has 198 valence electrons. The van der Waals surface area contributed by atoms with Gasteiger partial charge in [0.2, 0.25) is 12.1 Å². The van der Waals surface area contributed by atoms with Crippen LogP contribution in [-0.2, 0) is 27.2 Å². The van der Waals surface area contributed by atoms with Crippen LogP contribution in [0.1, 0.15) is 61.9 Å². The normalized spacial score (nSPS) is 11.8. The van der Waals surface area contributed by atoms with Crippen LogP contribution in [0.4, 0.5) is 0 Å². The Bertz CT molecular complexity index is 1390. The van der Waals surface area contributed by atoms with Crippen molar-refractivity contribution in [1.29, 1.82) is 0 Å². The van der Waals surface area contributed by atoms with Crippen LogP contribution in [0.5, 0.6) is 0 Å². The minimum atomic E-state index is -1.05. The minimum Gasteiger partial charge on any atom is -0.425 e. The zero-order chi connectivity index (χ0) is 27.1. The summed E-state index contributed by atoms with van der Waals surface area (Å²) in [6, 6.07) is 15.8. The highest BCUT2D eigenvalue weighted by atomic mass is 35.5.